The number of halogens is 3. The minimum atomic E-state index is -3.16. The maximum Gasteiger partial charge on any atom is 0.286 e. The van der Waals surface area contributed by atoms with Gasteiger partial charge < -0.3 is 15.0 Å². The molecule has 2 aliphatic heterocycles. The average molecular weight is 522 g/mol. The zero-order valence-electron chi connectivity index (χ0n) is 21.0. The first-order valence-corrected chi connectivity index (χ1v) is 12.2. The molecule has 0 unspecified atom stereocenters. The van der Waals surface area contributed by atoms with Crippen LogP contribution in [0.3, 0.4) is 0 Å². The van der Waals surface area contributed by atoms with Gasteiger partial charge in [-0.1, -0.05) is 6.07 Å². The van der Waals surface area contributed by atoms with Crippen molar-refractivity contribution in [1.82, 2.24) is 9.97 Å². The summed E-state index contributed by atoms with van der Waals surface area (Å²) in [4.78, 5) is 23.1. The Kier molecular flexibility index (Phi) is 6.57. The summed E-state index contributed by atoms with van der Waals surface area (Å²) in [6.07, 6.45) is 3.07. The second-order valence-corrected chi connectivity index (χ2v) is 9.85. The monoisotopic (exact) mass is 521 g/mol. The number of benzene rings is 1. The molecule has 1 N–H and O–H groups in total. The molecule has 1 aromatic carbocycles. The van der Waals surface area contributed by atoms with E-state index in [1.54, 1.807) is 18.3 Å². The second kappa shape index (κ2) is 9.72. The highest BCUT2D eigenvalue weighted by atomic mass is 19.3. The van der Waals surface area contributed by atoms with Crippen LogP contribution in [0.2, 0.25) is 0 Å². The molecule has 2 aromatic heterocycles. The Bertz CT molecular complexity index is 1430. The molecule has 2 atom stereocenters. The number of carbonyl (C=O) groups is 1. The molecule has 0 saturated carbocycles. The van der Waals surface area contributed by atoms with Crippen molar-refractivity contribution in [3.05, 3.63) is 71.3 Å². The summed E-state index contributed by atoms with van der Waals surface area (Å²) in [5.41, 5.74) is 2.92. The number of pyridine rings is 2. The highest BCUT2D eigenvalue weighted by Gasteiger charge is 2.49. The van der Waals surface area contributed by atoms with Crippen molar-refractivity contribution in [2.45, 2.75) is 32.2 Å². The van der Waals surface area contributed by atoms with E-state index < -0.39 is 35.7 Å². The zero-order chi connectivity index (χ0) is 27.1. The smallest absolute Gasteiger partial charge is 0.286 e. The van der Waals surface area contributed by atoms with Crippen LogP contribution < -0.4 is 10.2 Å². The van der Waals surface area contributed by atoms with Gasteiger partial charge in [0.25, 0.3) is 11.8 Å². The Morgan fingerprint density at radius 2 is 2.11 bits per heavy atom. The van der Waals surface area contributed by atoms with Crippen LogP contribution in [0.15, 0.2) is 48.8 Å². The summed E-state index contributed by atoms with van der Waals surface area (Å²) in [5, 5.41) is 12.6. The molecule has 4 heterocycles. The molecule has 0 aliphatic carbocycles. The average Bonchev–Trinajstić information content (AvgIpc) is 2.93. The van der Waals surface area contributed by atoms with E-state index in [0.717, 1.165) is 35.4 Å². The topological polar surface area (TPSA) is 91.1 Å². The zero-order valence-corrected chi connectivity index (χ0v) is 21.0. The number of amides is 1. The van der Waals surface area contributed by atoms with Gasteiger partial charge in [0.2, 0.25) is 0 Å². The van der Waals surface area contributed by atoms with Gasteiger partial charge in [-0.15, -0.1) is 0 Å². The number of anilines is 2. The summed E-state index contributed by atoms with van der Waals surface area (Å²) < 4.78 is 47.1. The molecular formula is C28H26F3N5O2. The van der Waals surface area contributed by atoms with Gasteiger partial charge in [0.15, 0.2) is 0 Å². The van der Waals surface area contributed by atoms with Crippen LogP contribution in [0.25, 0.3) is 11.1 Å². The fourth-order valence-electron chi connectivity index (χ4n) is 5.09. The molecule has 7 nitrogen and oxygen atoms in total. The number of alkyl halides is 3. The Morgan fingerprint density at radius 3 is 2.84 bits per heavy atom. The first kappa shape index (κ1) is 25.7. The number of fused-ring (bicyclic) bond motifs is 3. The SMILES string of the molecule is Cc1ccc(NC(=O)c2ccnc(C(C)(F)F)c2)cc1-c1cnc2c(c1)N1CCOC[C@@H]1[C@@](C#N)(CF)C2. The quantitative estimate of drug-likeness (QED) is 0.505. The van der Waals surface area contributed by atoms with E-state index in [1.165, 1.54) is 12.3 Å². The minimum absolute atomic E-state index is 0.0706. The number of aryl methyl sites for hydroxylation is 1. The van der Waals surface area contributed by atoms with E-state index in [9.17, 15) is 23.2 Å². The van der Waals surface area contributed by atoms with Crippen LogP contribution in [-0.4, -0.2) is 48.4 Å². The molecule has 2 aliphatic rings. The Hall–Kier alpha value is -3.97. The molecule has 0 bridgehead atoms. The number of hydrogen-bond donors (Lipinski definition) is 1. The van der Waals surface area contributed by atoms with Gasteiger partial charge in [0, 0.05) is 49.1 Å². The fraction of sp³-hybridized carbons (Fsp3) is 0.357. The van der Waals surface area contributed by atoms with Gasteiger partial charge in [-0.05, 0) is 48.4 Å². The van der Waals surface area contributed by atoms with Gasteiger partial charge in [0.05, 0.1) is 36.7 Å². The Labute approximate surface area is 218 Å². The third-order valence-corrected chi connectivity index (χ3v) is 7.25. The van der Waals surface area contributed by atoms with Crippen molar-refractivity contribution in [3.8, 4) is 17.2 Å². The lowest BCUT2D eigenvalue weighted by Crippen LogP contribution is -2.59. The van der Waals surface area contributed by atoms with Crippen molar-refractivity contribution in [1.29, 1.82) is 5.26 Å². The van der Waals surface area contributed by atoms with Crippen LogP contribution in [-0.2, 0) is 17.1 Å². The molecule has 1 saturated heterocycles. The highest BCUT2D eigenvalue weighted by molar-refractivity contribution is 6.04. The molecule has 1 fully saturated rings. The standard InChI is InChI=1S/C28H26F3N5O2/c1-17-3-4-20(35-26(37)18-5-6-33-24(10-18)27(2,30)31)11-21(17)19-9-23-22(34-13-19)12-28(15-29,16-32)25-14-38-8-7-36(23)25/h3-6,9-11,13,25H,7-8,12,14-15H2,1-2H3,(H,35,37)/t25-,28-/m1/s1. The maximum absolute atomic E-state index is 14.1. The first-order chi connectivity index (χ1) is 18.1. The number of hydrogen-bond acceptors (Lipinski definition) is 6. The lowest BCUT2D eigenvalue weighted by Gasteiger charge is -2.48. The number of carbonyl (C=O) groups excluding carboxylic acids is 1. The van der Waals surface area contributed by atoms with E-state index in [-0.39, 0.29) is 18.6 Å². The molecule has 0 spiro atoms. The van der Waals surface area contributed by atoms with E-state index in [1.807, 2.05) is 24.0 Å². The third-order valence-electron chi connectivity index (χ3n) is 7.25. The lowest BCUT2D eigenvalue weighted by molar-refractivity contribution is 0.0127. The van der Waals surface area contributed by atoms with Gasteiger partial charge in [-0.3, -0.25) is 14.8 Å². The molecule has 38 heavy (non-hydrogen) atoms. The Morgan fingerprint density at radius 1 is 1.29 bits per heavy atom. The van der Waals surface area contributed by atoms with Crippen LogP contribution in [0.4, 0.5) is 24.5 Å². The van der Waals surface area contributed by atoms with E-state index in [4.69, 9.17) is 4.74 Å². The van der Waals surface area contributed by atoms with Crippen molar-refractivity contribution >= 4 is 17.3 Å². The molecule has 1 amide bonds. The third kappa shape index (κ3) is 4.58. The summed E-state index contributed by atoms with van der Waals surface area (Å²) in [5.74, 6) is -3.70. The summed E-state index contributed by atoms with van der Waals surface area (Å²) in [6, 6.07) is 11.6. The largest absolute Gasteiger partial charge is 0.377 e. The molecule has 5 rings (SSSR count). The fourth-order valence-corrected chi connectivity index (χ4v) is 5.09. The predicted octanol–water partition coefficient (Wildman–Crippen LogP) is 5.06. The van der Waals surface area contributed by atoms with Crippen LogP contribution in [0.1, 0.15) is 34.2 Å². The van der Waals surface area contributed by atoms with Crippen LogP contribution in [0.5, 0.6) is 0 Å². The van der Waals surface area contributed by atoms with Gasteiger partial charge >= 0.3 is 0 Å². The first-order valence-electron chi connectivity index (χ1n) is 12.2. The van der Waals surface area contributed by atoms with Crippen LogP contribution >= 0.6 is 0 Å². The van der Waals surface area contributed by atoms with Crippen molar-refractivity contribution < 1.29 is 22.7 Å². The molecule has 0 radical (unpaired) electrons. The number of ether oxygens (including phenoxy) is 1. The van der Waals surface area contributed by atoms with Crippen molar-refractivity contribution in [2.75, 3.05) is 36.6 Å². The van der Waals surface area contributed by atoms with E-state index in [0.29, 0.717) is 24.5 Å². The van der Waals surface area contributed by atoms with E-state index in [2.05, 4.69) is 21.4 Å². The Balaban J connectivity index is 1.46. The molecule has 3 aromatic rings. The van der Waals surface area contributed by atoms with Crippen molar-refractivity contribution in [3.63, 3.8) is 0 Å². The number of morpholine rings is 1. The predicted molar refractivity (Wildman–Crippen MR) is 136 cm³/mol. The molecular weight excluding hydrogens is 495 g/mol. The van der Waals surface area contributed by atoms with Crippen molar-refractivity contribution in [2.24, 2.45) is 5.41 Å². The van der Waals surface area contributed by atoms with Gasteiger partial charge in [0.1, 0.15) is 17.8 Å². The van der Waals surface area contributed by atoms with E-state index >= 15 is 0 Å². The van der Waals surface area contributed by atoms with Gasteiger partial charge in [-0.2, -0.15) is 14.0 Å². The highest BCUT2D eigenvalue weighted by Crippen LogP contribution is 2.43. The molecule has 10 heteroatoms. The van der Waals surface area contributed by atoms with Crippen LogP contribution in [0, 0.1) is 23.7 Å². The number of nitriles is 1. The summed E-state index contributed by atoms with van der Waals surface area (Å²) in [7, 11) is 0. The molecule has 196 valence electrons. The normalized spacial score (nSPS) is 20.7. The maximum atomic E-state index is 14.1. The summed E-state index contributed by atoms with van der Waals surface area (Å²) in [6.45, 7) is 3.13. The number of rotatable bonds is 5. The summed E-state index contributed by atoms with van der Waals surface area (Å²) >= 11 is 0. The second-order valence-electron chi connectivity index (χ2n) is 9.85. The van der Waals surface area contributed by atoms with Gasteiger partial charge in [-0.25, -0.2) is 4.39 Å². The number of nitrogens with one attached hydrogen (secondary N) is 1. The number of aromatic nitrogens is 2. The minimum Gasteiger partial charge on any atom is -0.377 e. The number of nitrogens with zero attached hydrogens (tertiary/aromatic N) is 4. The lowest BCUT2D eigenvalue weighted by atomic mass is 9.74.